The van der Waals surface area contributed by atoms with Gasteiger partial charge in [-0.25, -0.2) is 0 Å². The van der Waals surface area contributed by atoms with E-state index in [1.54, 1.807) is 0 Å². The van der Waals surface area contributed by atoms with Gasteiger partial charge in [-0.15, -0.1) is 0 Å². The third-order valence-corrected chi connectivity index (χ3v) is 3.95. The molecule has 1 fully saturated rings. The van der Waals surface area contributed by atoms with E-state index >= 15 is 0 Å². The average Bonchev–Trinajstić information content (AvgIpc) is 2.35. The minimum atomic E-state index is 0.697. The SMILES string of the molecule is Cc1cccc(C)c1CN(C)C1CCCNC1. The van der Waals surface area contributed by atoms with E-state index in [1.807, 2.05) is 0 Å². The normalized spacial score (nSPS) is 20.8. The fourth-order valence-electron chi connectivity index (χ4n) is 2.69. The maximum absolute atomic E-state index is 3.49. The van der Waals surface area contributed by atoms with Crippen LogP contribution in [-0.2, 0) is 6.54 Å². The minimum absolute atomic E-state index is 0.697. The summed E-state index contributed by atoms with van der Waals surface area (Å²) in [5, 5.41) is 3.49. The maximum Gasteiger partial charge on any atom is 0.0239 e. The molecule has 0 aromatic heterocycles. The van der Waals surface area contributed by atoms with Crippen LogP contribution in [0.25, 0.3) is 0 Å². The van der Waals surface area contributed by atoms with Crippen molar-refractivity contribution in [2.45, 2.75) is 39.3 Å². The molecule has 1 unspecified atom stereocenters. The van der Waals surface area contributed by atoms with Gasteiger partial charge >= 0.3 is 0 Å². The van der Waals surface area contributed by atoms with Crippen molar-refractivity contribution in [1.29, 1.82) is 0 Å². The second-order valence-electron chi connectivity index (χ2n) is 5.29. The zero-order valence-corrected chi connectivity index (χ0v) is 11.3. The number of hydrogen-bond donors (Lipinski definition) is 1. The van der Waals surface area contributed by atoms with Crippen LogP contribution in [0.5, 0.6) is 0 Å². The van der Waals surface area contributed by atoms with Crippen molar-refractivity contribution in [2.75, 3.05) is 20.1 Å². The molecule has 0 bridgehead atoms. The Balaban J connectivity index is 2.04. The molecule has 0 spiro atoms. The zero-order valence-electron chi connectivity index (χ0n) is 11.3. The van der Waals surface area contributed by atoms with E-state index in [4.69, 9.17) is 0 Å². The van der Waals surface area contributed by atoms with Crippen molar-refractivity contribution in [2.24, 2.45) is 0 Å². The van der Waals surface area contributed by atoms with E-state index in [1.165, 1.54) is 36.1 Å². The molecule has 1 saturated heterocycles. The Morgan fingerprint density at radius 1 is 1.29 bits per heavy atom. The Hall–Kier alpha value is -0.860. The van der Waals surface area contributed by atoms with Gasteiger partial charge in [0.25, 0.3) is 0 Å². The van der Waals surface area contributed by atoms with Crippen molar-refractivity contribution < 1.29 is 0 Å². The van der Waals surface area contributed by atoms with E-state index in [-0.39, 0.29) is 0 Å². The molecule has 17 heavy (non-hydrogen) atoms. The van der Waals surface area contributed by atoms with E-state index < -0.39 is 0 Å². The van der Waals surface area contributed by atoms with Gasteiger partial charge in [-0.1, -0.05) is 18.2 Å². The number of likely N-dealkylation sites (N-methyl/N-ethyl adjacent to an activating group) is 1. The molecule has 1 aromatic carbocycles. The lowest BCUT2D eigenvalue weighted by Gasteiger charge is -2.32. The minimum Gasteiger partial charge on any atom is -0.315 e. The number of nitrogens with zero attached hydrogens (tertiary/aromatic N) is 1. The quantitative estimate of drug-likeness (QED) is 0.861. The van der Waals surface area contributed by atoms with Crippen LogP contribution in [0.1, 0.15) is 29.5 Å². The number of rotatable bonds is 3. The van der Waals surface area contributed by atoms with Crippen LogP contribution in [0.3, 0.4) is 0 Å². The fourth-order valence-corrected chi connectivity index (χ4v) is 2.69. The summed E-state index contributed by atoms with van der Waals surface area (Å²) in [5.41, 5.74) is 4.34. The van der Waals surface area contributed by atoms with Gasteiger partial charge in [0.15, 0.2) is 0 Å². The highest BCUT2D eigenvalue weighted by Gasteiger charge is 2.18. The maximum atomic E-state index is 3.49. The van der Waals surface area contributed by atoms with Gasteiger partial charge in [-0.2, -0.15) is 0 Å². The Morgan fingerprint density at radius 3 is 2.59 bits per heavy atom. The molecule has 0 amide bonds. The molecular formula is C15H24N2. The monoisotopic (exact) mass is 232 g/mol. The Kier molecular flexibility index (Phi) is 4.19. The second kappa shape index (κ2) is 5.65. The van der Waals surface area contributed by atoms with Gasteiger partial charge < -0.3 is 5.32 Å². The molecule has 1 atom stereocenters. The topological polar surface area (TPSA) is 15.3 Å². The highest BCUT2D eigenvalue weighted by atomic mass is 15.2. The molecule has 2 rings (SSSR count). The lowest BCUT2D eigenvalue weighted by molar-refractivity contribution is 0.195. The molecule has 0 saturated carbocycles. The Labute approximate surface area is 105 Å². The standard InChI is InChI=1S/C15H24N2/c1-12-6-4-7-13(2)15(12)11-17(3)14-8-5-9-16-10-14/h4,6-7,14,16H,5,8-11H2,1-3H3. The first-order chi connectivity index (χ1) is 8.18. The van der Waals surface area contributed by atoms with Gasteiger partial charge in [0.1, 0.15) is 0 Å². The van der Waals surface area contributed by atoms with Crippen LogP contribution in [0.4, 0.5) is 0 Å². The van der Waals surface area contributed by atoms with Crippen molar-refractivity contribution in [1.82, 2.24) is 10.2 Å². The summed E-state index contributed by atoms with van der Waals surface area (Å²) >= 11 is 0. The molecule has 1 N–H and O–H groups in total. The van der Waals surface area contributed by atoms with Crippen LogP contribution in [0, 0.1) is 13.8 Å². The summed E-state index contributed by atoms with van der Waals surface area (Å²) in [6.07, 6.45) is 2.64. The summed E-state index contributed by atoms with van der Waals surface area (Å²) in [5.74, 6) is 0. The number of nitrogens with one attached hydrogen (secondary N) is 1. The predicted octanol–water partition coefficient (Wildman–Crippen LogP) is 2.49. The zero-order chi connectivity index (χ0) is 12.3. The van der Waals surface area contributed by atoms with Crippen LogP contribution in [-0.4, -0.2) is 31.1 Å². The number of piperidine rings is 1. The van der Waals surface area contributed by atoms with E-state index in [2.05, 4.69) is 49.3 Å². The molecule has 0 radical (unpaired) electrons. The predicted molar refractivity (Wildman–Crippen MR) is 73.3 cm³/mol. The molecule has 2 heteroatoms. The number of benzene rings is 1. The lowest BCUT2D eigenvalue weighted by atomic mass is 10.0. The molecule has 1 aromatic rings. The molecule has 94 valence electrons. The van der Waals surface area contributed by atoms with Crippen molar-refractivity contribution in [3.63, 3.8) is 0 Å². The summed E-state index contributed by atoms with van der Waals surface area (Å²) in [7, 11) is 2.25. The first-order valence-corrected chi connectivity index (χ1v) is 6.64. The third-order valence-electron chi connectivity index (χ3n) is 3.95. The molecule has 1 heterocycles. The lowest BCUT2D eigenvalue weighted by Crippen LogP contribution is -2.43. The third kappa shape index (κ3) is 3.08. The van der Waals surface area contributed by atoms with Crippen LogP contribution in [0.15, 0.2) is 18.2 Å². The van der Waals surface area contributed by atoms with Crippen molar-refractivity contribution in [3.05, 3.63) is 34.9 Å². The molecule has 2 nitrogen and oxygen atoms in total. The van der Waals surface area contributed by atoms with Crippen LogP contribution >= 0.6 is 0 Å². The van der Waals surface area contributed by atoms with E-state index in [0.717, 1.165) is 13.1 Å². The average molecular weight is 232 g/mol. The van der Waals surface area contributed by atoms with Crippen LogP contribution < -0.4 is 5.32 Å². The van der Waals surface area contributed by atoms with E-state index in [0.29, 0.717) is 6.04 Å². The van der Waals surface area contributed by atoms with Gasteiger partial charge in [0, 0.05) is 19.1 Å². The molecule has 0 aliphatic carbocycles. The molecular weight excluding hydrogens is 208 g/mol. The van der Waals surface area contributed by atoms with Gasteiger partial charge in [-0.05, 0) is 57.0 Å². The first kappa shape index (κ1) is 12.6. The van der Waals surface area contributed by atoms with Crippen LogP contribution in [0.2, 0.25) is 0 Å². The smallest absolute Gasteiger partial charge is 0.0239 e. The highest BCUT2D eigenvalue weighted by Crippen LogP contribution is 2.18. The second-order valence-corrected chi connectivity index (χ2v) is 5.29. The molecule has 1 aliphatic rings. The largest absolute Gasteiger partial charge is 0.315 e. The van der Waals surface area contributed by atoms with Gasteiger partial charge in [0.2, 0.25) is 0 Å². The van der Waals surface area contributed by atoms with E-state index in [9.17, 15) is 0 Å². The van der Waals surface area contributed by atoms with Crippen molar-refractivity contribution >= 4 is 0 Å². The van der Waals surface area contributed by atoms with Gasteiger partial charge in [-0.3, -0.25) is 4.90 Å². The molecule has 1 aliphatic heterocycles. The summed E-state index contributed by atoms with van der Waals surface area (Å²) in [6, 6.07) is 7.28. The number of aryl methyl sites for hydroxylation is 2. The Morgan fingerprint density at radius 2 is 2.00 bits per heavy atom. The summed E-state index contributed by atoms with van der Waals surface area (Å²) in [4.78, 5) is 2.50. The fraction of sp³-hybridized carbons (Fsp3) is 0.600. The van der Waals surface area contributed by atoms with Gasteiger partial charge in [0.05, 0.1) is 0 Å². The summed E-state index contributed by atoms with van der Waals surface area (Å²) in [6.45, 7) is 7.84. The first-order valence-electron chi connectivity index (χ1n) is 6.64. The summed E-state index contributed by atoms with van der Waals surface area (Å²) < 4.78 is 0. The van der Waals surface area contributed by atoms with Crippen molar-refractivity contribution in [3.8, 4) is 0 Å². The Bertz CT molecular complexity index is 347. The highest BCUT2D eigenvalue weighted by molar-refractivity contribution is 5.33. The number of hydrogen-bond acceptors (Lipinski definition) is 2.